The van der Waals surface area contributed by atoms with E-state index in [1.54, 1.807) is 29.4 Å². The second-order valence-corrected chi connectivity index (χ2v) is 8.39. The maximum Gasteiger partial charge on any atom is 0.251 e. The Labute approximate surface area is 160 Å². The Morgan fingerprint density at radius 3 is 2.33 bits per heavy atom. The standard InChI is InChI=1S/C20H28N4O3/c1-20(2,3)24-13-15(12-17(24)25)19(27)23-10-6-16(7-11-23)22-18(26)14-4-8-21-9-5-14/h4-5,8-9,15-16H,6-7,10-13H2,1-3H3,(H,22,26). The number of likely N-dealkylation sites (tertiary alicyclic amines) is 2. The van der Waals surface area contributed by atoms with E-state index in [0.29, 0.717) is 31.6 Å². The lowest BCUT2D eigenvalue weighted by atomic mass is 10.0. The van der Waals surface area contributed by atoms with E-state index in [2.05, 4.69) is 10.3 Å². The summed E-state index contributed by atoms with van der Waals surface area (Å²) in [5, 5.41) is 3.03. The molecule has 146 valence electrons. The van der Waals surface area contributed by atoms with Crippen LogP contribution in [0, 0.1) is 5.92 Å². The number of nitrogens with one attached hydrogen (secondary N) is 1. The number of piperidine rings is 1. The number of pyridine rings is 1. The van der Waals surface area contributed by atoms with Crippen molar-refractivity contribution in [3.8, 4) is 0 Å². The van der Waals surface area contributed by atoms with Gasteiger partial charge < -0.3 is 15.1 Å². The molecule has 1 N–H and O–H groups in total. The summed E-state index contributed by atoms with van der Waals surface area (Å²) < 4.78 is 0. The summed E-state index contributed by atoms with van der Waals surface area (Å²) >= 11 is 0. The van der Waals surface area contributed by atoms with Crippen LogP contribution in [-0.4, -0.2) is 63.7 Å². The summed E-state index contributed by atoms with van der Waals surface area (Å²) in [7, 11) is 0. The van der Waals surface area contributed by atoms with Gasteiger partial charge in [0.15, 0.2) is 0 Å². The predicted molar refractivity (Wildman–Crippen MR) is 101 cm³/mol. The lowest BCUT2D eigenvalue weighted by Gasteiger charge is -2.35. The van der Waals surface area contributed by atoms with Crippen LogP contribution >= 0.6 is 0 Å². The number of aromatic nitrogens is 1. The third kappa shape index (κ3) is 4.46. The molecule has 2 saturated heterocycles. The van der Waals surface area contributed by atoms with Crippen LogP contribution in [0.3, 0.4) is 0 Å². The number of carbonyl (C=O) groups is 3. The quantitative estimate of drug-likeness (QED) is 0.871. The van der Waals surface area contributed by atoms with Crippen molar-refractivity contribution in [2.24, 2.45) is 5.92 Å². The van der Waals surface area contributed by atoms with E-state index in [9.17, 15) is 14.4 Å². The molecule has 0 radical (unpaired) electrons. The zero-order valence-electron chi connectivity index (χ0n) is 16.3. The maximum atomic E-state index is 12.8. The number of nitrogens with zero attached hydrogens (tertiary/aromatic N) is 3. The smallest absolute Gasteiger partial charge is 0.251 e. The van der Waals surface area contributed by atoms with Gasteiger partial charge in [0.1, 0.15) is 0 Å². The van der Waals surface area contributed by atoms with Crippen molar-refractivity contribution in [1.29, 1.82) is 0 Å². The number of hydrogen-bond acceptors (Lipinski definition) is 4. The molecule has 3 rings (SSSR count). The Kier molecular flexibility index (Phi) is 5.48. The molecule has 27 heavy (non-hydrogen) atoms. The van der Waals surface area contributed by atoms with Crippen LogP contribution in [0.2, 0.25) is 0 Å². The topological polar surface area (TPSA) is 82.6 Å². The van der Waals surface area contributed by atoms with Crippen molar-refractivity contribution in [3.63, 3.8) is 0 Å². The van der Waals surface area contributed by atoms with Crippen molar-refractivity contribution in [2.45, 2.75) is 51.6 Å². The normalized spacial score (nSPS) is 21.4. The predicted octanol–water partition coefficient (Wildman–Crippen LogP) is 1.45. The SMILES string of the molecule is CC(C)(C)N1CC(C(=O)N2CCC(NC(=O)c3ccncc3)CC2)CC1=O. The van der Waals surface area contributed by atoms with Gasteiger partial charge in [0.2, 0.25) is 11.8 Å². The fraction of sp³-hybridized carbons (Fsp3) is 0.600. The van der Waals surface area contributed by atoms with E-state index in [1.165, 1.54) is 0 Å². The molecule has 3 amide bonds. The van der Waals surface area contributed by atoms with E-state index in [-0.39, 0.29) is 35.2 Å². The molecule has 0 spiro atoms. The van der Waals surface area contributed by atoms with Crippen LogP contribution in [0.5, 0.6) is 0 Å². The first-order valence-corrected chi connectivity index (χ1v) is 9.56. The molecule has 2 fully saturated rings. The minimum atomic E-state index is -0.254. The van der Waals surface area contributed by atoms with Gasteiger partial charge in [-0.3, -0.25) is 19.4 Å². The Morgan fingerprint density at radius 1 is 1.15 bits per heavy atom. The van der Waals surface area contributed by atoms with Gasteiger partial charge in [-0.1, -0.05) is 0 Å². The van der Waals surface area contributed by atoms with Gasteiger partial charge in [0.25, 0.3) is 5.91 Å². The minimum absolute atomic E-state index is 0.0559. The van der Waals surface area contributed by atoms with Crippen molar-refractivity contribution < 1.29 is 14.4 Å². The third-order valence-corrected chi connectivity index (χ3v) is 5.37. The zero-order valence-corrected chi connectivity index (χ0v) is 16.3. The number of hydrogen-bond donors (Lipinski definition) is 1. The number of amides is 3. The summed E-state index contributed by atoms with van der Waals surface area (Å²) in [6.45, 7) is 7.71. The van der Waals surface area contributed by atoms with Crippen molar-refractivity contribution in [2.75, 3.05) is 19.6 Å². The van der Waals surface area contributed by atoms with Crippen molar-refractivity contribution in [3.05, 3.63) is 30.1 Å². The molecule has 7 heteroatoms. The van der Waals surface area contributed by atoms with Crippen LogP contribution in [0.1, 0.15) is 50.4 Å². The molecule has 2 aliphatic heterocycles. The van der Waals surface area contributed by atoms with Crippen LogP contribution in [0.25, 0.3) is 0 Å². The summed E-state index contributed by atoms with van der Waals surface area (Å²) in [6, 6.07) is 3.43. The molecule has 7 nitrogen and oxygen atoms in total. The molecule has 0 aliphatic carbocycles. The highest BCUT2D eigenvalue weighted by molar-refractivity contribution is 5.94. The van der Waals surface area contributed by atoms with E-state index in [4.69, 9.17) is 0 Å². The van der Waals surface area contributed by atoms with E-state index in [1.807, 2.05) is 25.7 Å². The average Bonchev–Trinajstić information content (AvgIpc) is 3.04. The van der Waals surface area contributed by atoms with Crippen LogP contribution in [0.4, 0.5) is 0 Å². The molecule has 1 aromatic heterocycles. The first-order chi connectivity index (χ1) is 12.8. The van der Waals surface area contributed by atoms with E-state index < -0.39 is 0 Å². The molecule has 1 atom stereocenters. The van der Waals surface area contributed by atoms with Crippen LogP contribution in [0.15, 0.2) is 24.5 Å². The van der Waals surface area contributed by atoms with Crippen LogP contribution < -0.4 is 5.32 Å². The second kappa shape index (κ2) is 7.66. The number of rotatable bonds is 3. The summed E-state index contributed by atoms with van der Waals surface area (Å²) in [5.41, 5.74) is 0.339. The molecular formula is C20H28N4O3. The molecular weight excluding hydrogens is 344 g/mol. The summed E-state index contributed by atoms with van der Waals surface area (Å²) in [4.78, 5) is 44.9. The largest absolute Gasteiger partial charge is 0.349 e. The molecule has 0 aromatic carbocycles. The van der Waals surface area contributed by atoms with Gasteiger partial charge in [-0.25, -0.2) is 0 Å². The molecule has 0 bridgehead atoms. The highest BCUT2D eigenvalue weighted by Crippen LogP contribution is 2.27. The van der Waals surface area contributed by atoms with E-state index in [0.717, 1.165) is 12.8 Å². The summed E-state index contributed by atoms with van der Waals surface area (Å²) in [6.07, 6.45) is 4.95. The lowest BCUT2D eigenvalue weighted by Crippen LogP contribution is -2.48. The summed E-state index contributed by atoms with van der Waals surface area (Å²) in [5.74, 6) is -0.238. The fourth-order valence-corrected chi connectivity index (χ4v) is 3.80. The Hall–Kier alpha value is -2.44. The fourth-order valence-electron chi connectivity index (χ4n) is 3.80. The second-order valence-electron chi connectivity index (χ2n) is 8.39. The van der Waals surface area contributed by atoms with Crippen molar-refractivity contribution in [1.82, 2.24) is 20.1 Å². The Bertz CT molecular complexity index is 706. The first-order valence-electron chi connectivity index (χ1n) is 9.56. The number of carbonyl (C=O) groups excluding carboxylic acids is 3. The average molecular weight is 372 g/mol. The molecule has 1 unspecified atom stereocenters. The Balaban J connectivity index is 1.50. The highest BCUT2D eigenvalue weighted by atomic mass is 16.2. The van der Waals surface area contributed by atoms with Gasteiger partial charge in [0, 0.05) is 55.6 Å². The van der Waals surface area contributed by atoms with Gasteiger partial charge in [0.05, 0.1) is 5.92 Å². The van der Waals surface area contributed by atoms with Gasteiger partial charge >= 0.3 is 0 Å². The highest BCUT2D eigenvalue weighted by Gasteiger charge is 2.41. The monoisotopic (exact) mass is 372 g/mol. The minimum Gasteiger partial charge on any atom is -0.349 e. The Morgan fingerprint density at radius 2 is 1.78 bits per heavy atom. The lowest BCUT2D eigenvalue weighted by molar-refractivity contribution is -0.136. The first kappa shape index (κ1) is 19.3. The zero-order chi connectivity index (χ0) is 19.6. The van der Waals surface area contributed by atoms with Gasteiger partial charge in [-0.15, -0.1) is 0 Å². The van der Waals surface area contributed by atoms with Crippen LogP contribution in [-0.2, 0) is 9.59 Å². The molecule has 0 saturated carbocycles. The maximum absolute atomic E-state index is 12.8. The molecule has 2 aliphatic rings. The van der Waals surface area contributed by atoms with Gasteiger partial charge in [-0.2, -0.15) is 0 Å². The van der Waals surface area contributed by atoms with Gasteiger partial charge in [-0.05, 0) is 45.7 Å². The molecule has 3 heterocycles. The van der Waals surface area contributed by atoms with Crippen molar-refractivity contribution >= 4 is 17.7 Å². The van der Waals surface area contributed by atoms with E-state index >= 15 is 0 Å². The third-order valence-electron chi connectivity index (χ3n) is 5.37. The molecule has 1 aromatic rings.